The molecule has 0 spiro atoms. The summed E-state index contributed by atoms with van der Waals surface area (Å²) in [5.41, 5.74) is 0. The molecule has 7 nitrogen and oxygen atoms in total. The largest absolute Gasteiger partial charge is 0.479 e. The normalized spacial score (nSPS) is 46.0. The Morgan fingerprint density at radius 1 is 1.00 bits per heavy atom. The van der Waals surface area contributed by atoms with Crippen molar-refractivity contribution >= 4 is 5.97 Å². The standard InChI is InChI=1S/C6H10O7/c7-1-2(8)4(5(10)11)13-6(12)3(1)9/h1-4,6-9,12H,(H,10,11)/t1-,2?,3+,4?,6-/m1/s1. The molecule has 0 aliphatic carbocycles. The first kappa shape index (κ1) is 10.4. The molecule has 0 bridgehead atoms. The van der Waals surface area contributed by atoms with Gasteiger partial charge in [0.25, 0.3) is 0 Å². The van der Waals surface area contributed by atoms with Crippen molar-refractivity contribution in [3.63, 3.8) is 0 Å². The van der Waals surface area contributed by atoms with E-state index < -0.39 is 36.7 Å². The number of carboxylic acids is 1. The second kappa shape index (κ2) is 3.56. The molecule has 5 N–H and O–H groups in total. The smallest absolute Gasteiger partial charge is 0.335 e. The molecule has 13 heavy (non-hydrogen) atoms. The van der Waals surface area contributed by atoms with E-state index in [0.29, 0.717) is 0 Å². The minimum atomic E-state index is -1.81. The van der Waals surface area contributed by atoms with Crippen LogP contribution < -0.4 is 0 Å². The highest BCUT2D eigenvalue weighted by atomic mass is 16.6. The van der Waals surface area contributed by atoms with Crippen molar-refractivity contribution in [3.05, 3.63) is 0 Å². The first-order valence-corrected chi connectivity index (χ1v) is 3.55. The Balaban J connectivity index is 2.76. The molecular formula is C6H10O7. The Morgan fingerprint density at radius 3 is 2.00 bits per heavy atom. The van der Waals surface area contributed by atoms with E-state index in [0.717, 1.165) is 0 Å². The molecule has 1 rings (SSSR count). The number of aliphatic hydroxyl groups is 4. The summed E-state index contributed by atoms with van der Waals surface area (Å²) in [5.74, 6) is -1.52. The fraction of sp³-hybridized carbons (Fsp3) is 0.833. The highest BCUT2D eigenvalue weighted by Gasteiger charge is 2.46. The summed E-state index contributed by atoms with van der Waals surface area (Å²) < 4.78 is 4.34. The molecule has 1 saturated heterocycles. The Kier molecular flexibility index (Phi) is 2.84. The van der Waals surface area contributed by atoms with E-state index in [9.17, 15) is 4.79 Å². The summed E-state index contributed by atoms with van der Waals surface area (Å²) in [7, 11) is 0. The van der Waals surface area contributed by atoms with Crippen molar-refractivity contribution < 1.29 is 35.1 Å². The highest BCUT2D eigenvalue weighted by molar-refractivity contribution is 5.73. The van der Waals surface area contributed by atoms with Crippen LogP contribution >= 0.6 is 0 Å². The van der Waals surface area contributed by atoms with Gasteiger partial charge in [-0.05, 0) is 0 Å². The Morgan fingerprint density at radius 2 is 1.54 bits per heavy atom. The summed E-state index contributed by atoms with van der Waals surface area (Å²) in [4.78, 5) is 10.4. The van der Waals surface area contributed by atoms with Crippen LogP contribution in [0.15, 0.2) is 0 Å². The van der Waals surface area contributed by atoms with Crippen LogP contribution in [0.1, 0.15) is 0 Å². The zero-order chi connectivity index (χ0) is 10.2. The molecule has 1 heterocycles. The maximum atomic E-state index is 10.4. The van der Waals surface area contributed by atoms with E-state index in [2.05, 4.69) is 4.74 Å². The number of carboxylic acid groups (broad SMARTS) is 1. The van der Waals surface area contributed by atoms with Crippen LogP contribution in [-0.2, 0) is 9.53 Å². The quantitative estimate of drug-likeness (QED) is 0.298. The minimum absolute atomic E-state index is 1.52. The highest BCUT2D eigenvalue weighted by Crippen LogP contribution is 2.19. The predicted octanol–water partition coefficient (Wildman–Crippen LogP) is -3.13. The van der Waals surface area contributed by atoms with E-state index in [4.69, 9.17) is 25.5 Å². The molecule has 1 aliphatic heterocycles. The van der Waals surface area contributed by atoms with Crippen molar-refractivity contribution in [2.24, 2.45) is 0 Å². The van der Waals surface area contributed by atoms with Gasteiger partial charge < -0.3 is 30.3 Å². The van der Waals surface area contributed by atoms with Crippen LogP contribution in [0.5, 0.6) is 0 Å². The zero-order valence-electron chi connectivity index (χ0n) is 6.44. The first-order valence-electron chi connectivity index (χ1n) is 3.55. The van der Waals surface area contributed by atoms with Gasteiger partial charge in [0, 0.05) is 0 Å². The lowest BCUT2D eigenvalue weighted by Crippen LogP contribution is -2.59. The van der Waals surface area contributed by atoms with E-state index >= 15 is 0 Å². The lowest BCUT2D eigenvalue weighted by Gasteiger charge is -2.36. The molecule has 1 aliphatic rings. The molecule has 0 amide bonds. The van der Waals surface area contributed by atoms with Crippen molar-refractivity contribution in [3.8, 4) is 0 Å². The number of aliphatic carboxylic acids is 1. The van der Waals surface area contributed by atoms with Gasteiger partial charge in [-0.15, -0.1) is 0 Å². The average molecular weight is 194 g/mol. The zero-order valence-corrected chi connectivity index (χ0v) is 6.44. The van der Waals surface area contributed by atoms with E-state index in [1.54, 1.807) is 0 Å². The number of hydrogen-bond acceptors (Lipinski definition) is 6. The van der Waals surface area contributed by atoms with Gasteiger partial charge in [0.2, 0.25) is 0 Å². The van der Waals surface area contributed by atoms with Crippen LogP contribution in [0, 0.1) is 0 Å². The van der Waals surface area contributed by atoms with Gasteiger partial charge in [-0.25, -0.2) is 4.79 Å². The van der Waals surface area contributed by atoms with E-state index in [1.165, 1.54) is 0 Å². The molecule has 0 aromatic heterocycles. The molecule has 76 valence electrons. The van der Waals surface area contributed by atoms with Gasteiger partial charge >= 0.3 is 5.97 Å². The summed E-state index contributed by atoms with van der Waals surface area (Å²) in [5, 5.41) is 44.4. The minimum Gasteiger partial charge on any atom is -0.479 e. The second-order valence-electron chi connectivity index (χ2n) is 2.76. The van der Waals surface area contributed by atoms with Crippen LogP contribution in [0.25, 0.3) is 0 Å². The van der Waals surface area contributed by atoms with Gasteiger partial charge in [0.15, 0.2) is 12.4 Å². The van der Waals surface area contributed by atoms with Crippen LogP contribution in [-0.4, -0.2) is 62.2 Å². The van der Waals surface area contributed by atoms with Crippen LogP contribution in [0.2, 0.25) is 0 Å². The summed E-state index contributed by atoms with van der Waals surface area (Å²) >= 11 is 0. The second-order valence-corrected chi connectivity index (χ2v) is 2.76. The molecule has 7 heteroatoms. The summed E-state index contributed by atoms with van der Waals surface area (Å²) in [6.45, 7) is 0. The van der Waals surface area contributed by atoms with Crippen LogP contribution in [0.3, 0.4) is 0 Å². The molecule has 0 aromatic carbocycles. The predicted molar refractivity (Wildman–Crippen MR) is 36.5 cm³/mol. The number of hydrogen-bond donors (Lipinski definition) is 5. The van der Waals surface area contributed by atoms with Gasteiger partial charge in [-0.3, -0.25) is 0 Å². The fourth-order valence-electron chi connectivity index (χ4n) is 1.07. The van der Waals surface area contributed by atoms with Crippen molar-refractivity contribution in [1.29, 1.82) is 0 Å². The lowest BCUT2D eigenvalue weighted by molar-refractivity contribution is -0.279. The Labute approximate surface area is 72.8 Å². The third kappa shape index (κ3) is 1.79. The molecule has 2 unspecified atom stereocenters. The van der Waals surface area contributed by atoms with Gasteiger partial charge in [0.05, 0.1) is 0 Å². The summed E-state index contributed by atoms with van der Waals surface area (Å²) in [6.07, 6.45) is -8.72. The number of carbonyl (C=O) groups is 1. The average Bonchev–Trinajstić information content (AvgIpc) is 2.07. The molecule has 0 radical (unpaired) electrons. The Bertz CT molecular complexity index is 205. The third-order valence-electron chi connectivity index (χ3n) is 1.83. The topological polar surface area (TPSA) is 127 Å². The molecular weight excluding hydrogens is 184 g/mol. The van der Waals surface area contributed by atoms with Crippen molar-refractivity contribution in [2.75, 3.05) is 0 Å². The molecule has 1 fully saturated rings. The SMILES string of the molecule is O=C(O)C1O[C@@H](O)[C@@H](O)[C@H](O)C1O. The molecule has 5 atom stereocenters. The van der Waals surface area contributed by atoms with Gasteiger partial charge in [-0.2, -0.15) is 0 Å². The maximum Gasteiger partial charge on any atom is 0.335 e. The fourth-order valence-corrected chi connectivity index (χ4v) is 1.07. The van der Waals surface area contributed by atoms with Gasteiger partial charge in [-0.1, -0.05) is 0 Å². The van der Waals surface area contributed by atoms with E-state index in [1.807, 2.05) is 0 Å². The van der Waals surface area contributed by atoms with Gasteiger partial charge in [0.1, 0.15) is 18.3 Å². The number of aliphatic hydroxyl groups excluding tert-OH is 4. The molecule has 0 aromatic rings. The van der Waals surface area contributed by atoms with Crippen LogP contribution in [0.4, 0.5) is 0 Å². The monoisotopic (exact) mass is 194 g/mol. The van der Waals surface area contributed by atoms with Crippen molar-refractivity contribution in [2.45, 2.75) is 30.7 Å². The molecule has 0 saturated carbocycles. The Hall–Kier alpha value is -0.730. The van der Waals surface area contributed by atoms with E-state index in [-0.39, 0.29) is 0 Å². The van der Waals surface area contributed by atoms with Crippen molar-refractivity contribution in [1.82, 2.24) is 0 Å². The third-order valence-corrected chi connectivity index (χ3v) is 1.83. The number of rotatable bonds is 1. The lowest BCUT2D eigenvalue weighted by atomic mass is 9.99. The maximum absolute atomic E-state index is 10.4. The summed E-state index contributed by atoms with van der Waals surface area (Å²) in [6, 6.07) is 0. The number of ether oxygens (including phenoxy) is 1. The first-order chi connectivity index (χ1) is 5.95.